The van der Waals surface area contributed by atoms with E-state index in [9.17, 15) is 4.79 Å². The first-order chi connectivity index (χ1) is 5.74. The van der Waals surface area contributed by atoms with Gasteiger partial charge < -0.3 is 11.9 Å². The minimum atomic E-state index is -0.406. The zero-order chi connectivity index (χ0) is 8.97. The predicted molar refractivity (Wildman–Crippen MR) is 51.5 cm³/mol. The second kappa shape index (κ2) is 6.32. The number of nitrogens with two attached hydrogens (primary N) is 1. The minimum Gasteiger partial charge on any atom is -1.00 e. The smallest absolute Gasteiger partial charge is 1.00 e. The molecule has 2 N–H and O–H groups in total. The van der Waals surface area contributed by atoms with E-state index >= 15 is 0 Å². The van der Waals surface area contributed by atoms with E-state index in [1.807, 2.05) is 0 Å². The van der Waals surface area contributed by atoms with Crippen molar-refractivity contribution < 1.29 is 40.5 Å². The Hall–Kier alpha value is -0.160. The Morgan fingerprint density at radius 2 is 2.15 bits per heavy atom. The van der Waals surface area contributed by atoms with Crippen molar-refractivity contribution in [2.75, 3.05) is 11.5 Å². The molecule has 66 valence electrons. The number of ether oxygens (including phenoxy) is 1. The molecule has 0 bridgehead atoms. The molecule has 0 atom stereocenters. The molecule has 0 unspecified atom stereocenters. The van der Waals surface area contributed by atoms with Gasteiger partial charge in [0, 0.05) is 0 Å². The summed E-state index contributed by atoms with van der Waals surface area (Å²) in [5.41, 5.74) is 5.97. The topological polar surface area (TPSA) is 52.3 Å². The summed E-state index contributed by atoms with van der Waals surface area (Å²) in [4.78, 5) is 10.8. The van der Waals surface area contributed by atoms with Gasteiger partial charge in [-0.1, -0.05) is 12.1 Å². The molecule has 0 heterocycles. The van der Waals surface area contributed by atoms with Gasteiger partial charge in [0.25, 0.3) is 0 Å². The second-order valence-electron chi connectivity index (χ2n) is 2.17. The zero-order valence-electron chi connectivity index (χ0n) is 8.36. The van der Waals surface area contributed by atoms with Gasteiger partial charge in [-0.3, -0.25) is 4.79 Å². The molecular weight excluding hydrogens is 197 g/mol. The first-order valence-electron chi connectivity index (χ1n) is 3.40. The summed E-state index contributed by atoms with van der Waals surface area (Å²) in [7, 11) is 0. The molecule has 3 nitrogen and oxygen atoms in total. The molecule has 0 amide bonds. The van der Waals surface area contributed by atoms with Crippen LogP contribution in [0.2, 0.25) is 0 Å². The first kappa shape index (κ1) is 12.8. The maximum Gasteiger partial charge on any atom is 1.00 e. The number of hydrogen-bond acceptors (Lipinski definition) is 4. The van der Waals surface area contributed by atoms with Gasteiger partial charge in [0.2, 0.25) is 0 Å². The van der Waals surface area contributed by atoms with Crippen molar-refractivity contribution in [2.45, 2.75) is 0 Å². The monoisotopic (exact) mass is 207 g/mol. The largest absolute Gasteiger partial charge is 1.00 e. The molecule has 1 aromatic rings. The molecule has 0 fully saturated rings. The number of para-hydroxylation sites is 2. The normalized spacial score (nSPS) is 8.69. The van der Waals surface area contributed by atoms with Crippen molar-refractivity contribution in [3.8, 4) is 5.75 Å². The average Bonchev–Trinajstić information content (AvgIpc) is 2.09. The number of esters is 1. The van der Waals surface area contributed by atoms with Crippen LogP contribution >= 0.6 is 12.6 Å². The summed E-state index contributed by atoms with van der Waals surface area (Å²) in [6.07, 6.45) is 0. The predicted octanol–water partition coefficient (Wildman–Crippen LogP) is -1.78. The van der Waals surface area contributed by atoms with Gasteiger partial charge in [-0.2, -0.15) is 12.6 Å². The Morgan fingerprint density at radius 3 is 2.69 bits per heavy atom. The number of rotatable bonds is 2. The van der Waals surface area contributed by atoms with Gasteiger partial charge in [-0.25, -0.2) is 0 Å². The van der Waals surface area contributed by atoms with Crippen LogP contribution in [0.1, 0.15) is 1.43 Å². The Labute approximate surface area is 106 Å². The van der Waals surface area contributed by atoms with Gasteiger partial charge in [0.1, 0.15) is 0 Å². The van der Waals surface area contributed by atoms with E-state index in [2.05, 4.69) is 12.6 Å². The molecule has 0 spiro atoms. The number of anilines is 1. The van der Waals surface area contributed by atoms with Crippen LogP contribution in [0.5, 0.6) is 5.75 Å². The van der Waals surface area contributed by atoms with Gasteiger partial charge in [0.05, 0.1) is 11.4 Å². The summed E-state index contributed by atoms with van der Waals surface area (Å²) in [6, 6.07) is 6.82. The number of carbonyl (C=O) groups excluding carboxylic acids is 1. The molecule has 0 saturated heterocycles. The number of benzene rings is 1. The quantitative estimate of drug-likeness (QED) is 0.198. The standard InChI is InChI=1S/C8H9NO2S.Na.H/c9-6-3-1-2-4-7(6)11-8(10)5-12;;/h1-4,12H,5,9H2;;/q;+1;-1. The number of nitrogen functional groups attached to an aromatic ring is 1. The van der Waals surface area contributed by atoms with E-state index in [1.165, 1.54) is 0 Å². The second-order valence-corrected chi connectivity index (χ2v) is 2.49. The van der Waals surface area contributed by atoms with Gasteiger partial charge in [-0.05, 0) is 12.1 Å². The van der Waals surface area contributed by atoms with E-state index < -0.39 is 5.97 Å². The van der Waals surface area contributed by atoms with Crippen molar-refractivity contribution in [3.63, 3.8) is 0 Å². The van der Waals surface area contributed by atoms with Crippen LogP contribution in [0.15, 0.2) is 24.3 Å². The molecule has 0 aliphatic carbocycles. The maximum atomic E-state index is 10.8. The fourth-order valence-corrected chi connectivity index (χ4v) is 0.793. The fraction of sp³-hybridized carbons (Fsp3) is 0.125. The molecule has 0 aliphatic rings. The van der Waals surface area contributed by atoms with E-state index in [-0.39, 0.29) is 36.7 Å². The van der Waals surface area contributed by atoms with Crippen LogP contribution in [-0.4, -0.2) is 11.7 Å². The summed E-state index contributed by atoms with van der Waals surface area (Å²) in [5.74, 6) is 0.0294. The molecule has 13 heavy (non-hydrogen) atoms. The van der Waals surface area contributed by atoms with E-state index in [1.54, 1.807) is 24.3 Å². The van der Waals surface area contributed by atoms with Crippen molar-refractivity contribution >= 4 is 24.3 Å². The third-order valence-electron chi connectivity index (χ3n) is 1.27. The van der Waals surface area contributed by atoms with Crippen molar-refractivity contribution in [1.29, 1.82) is 0 Å². The summed E-state index contributed by atoms with van der Waals surface area (Å²) < 4.78 is 4.85. The third-order valence-corrected chi connectivity index (χ3v) is 1.53. The zero-order valence-corrected chi connectivity index (χ0v) is 10.3. The summed E-state index contributed by atoms with van der Waals surface area (Å²) in [5, 5.41) is 0. The molecule has 5 heteroatoms. The SMILES string of the molecule is Nc1ccccc1OC(=O)CS.[H-].[Na+]. The maximum absolute atomic E-state index is 10.8. The molecule has 1 rings (SSSR count). The van der Waals surface area contributed by atoms with Crippen LogP contribution in [0.4, 0.5) is 5.69 Å². The van der Waals surface area contributed by atoms with E-state index in [0.29, 0.717) is 11.4 Å². The van der Waals surface area contributed by atoms with Gasteiger partial charge in [-0.15, -0.1) is 0 Å². The van der Waals surface area contributed by atoms with Crippen molar-refractivity contribution in [2.24, 2.45) is 0 Å². The van der Waals surface area contributed by atoms with E-state index in [0.717, 1.165) is 0 Å². The van der Waals surface area contributed by atoms with Crippen LogP contribution in [0.3, 0.4) is 0 Å². The average molecular weight is 207 g/mol. The Morgan fingerprint density at radius 1 is 1.54 bits per heavy atom. The summed E-state index contributed by atoms with van der Waals surface area (Å²) >= 11 is 3.76. The molecule has 0 aliphatic heterocycles. The number of carbonyl (C=O) groups is 1. The Balaban J connectivity index is 0. The van der Waals surface area contributed by atoms with Crippen LogP contribution in [-0.2, 0) is 4.79 Å². The van der Waals surface area contributed by atoms with E-state index in [4.69, 9.17) is 10.5 Å². The first-order valence-corrected chi connectivity index (χ1v) is 4.03. The van der Waals surface area contributed by atoms with Gasteiger partial charge in [0.15, 0.2) is 5.75 Å². The molecule has 0 radical (unpaired) electrons. The summed E-state index contributed by atoms with van der Waals surface area (Å²) in [6.45, 7) is 0. The Bertz CT molecular complexity index is 298. The van der Waals surface area contributed by atoms with Gasteiger partial charge >= 0.3 is 35.5 Å². The van der Waals surface area contributed by atoms with Crippen molar-refractivity contribution in [3.05, 3.63) is 24.3 Å². The molecule has 0 aromatic heterocycles. The van der Waals surface area contributed by atoms with Crippen LogP contribution in [0.25, 0.3) is 0 Å². The fourth-order valence-electron chi connectivity index (χ4n) is 0.728. The number of hydrogen-bond donors (Lipinski definition) is 2. The minimum absolute atomic E-state index is 0. The van der Waals surface area contributed by atoms with Crippen LogP contribution in [0, 0.1) is 0 Å². The van der Waals surface area contributed by atoms with Crippen molar-refractivity contribution in [1.82, 2.24) is 0 Å². The molecule has 1 aromatic carbocycles. The molecule has 0 saturated carbocycles. The Kier molecular flexibility index (Phi) is 6.24. The number of thiol groups is 1. The van der Waals surface area contributed by atoms with Crippen LogP contribution < -0.4 is 40.0 Å². The molecular formula is C8H10NNaO2S. The third kappa shape index (κ3) is 4.04.